The second-order valence-corrected chi connectivity index (χ2v) is 14.1. The standard InChI is InChI=1S/C45H82O4/c1-3-5-7-9-11-13-15-17-19-20-21-22-23-24-25-27-29-31-33-35-37-39-41-48-43-44(42-46)49-45(47)40-38-36-34-32-30-28-26-18-16-14-12-10-8-6-4-2/h12,14-15,17-18,20-21,26,44,46H,3-11,13,16,19,22-25,27-43H2,1-2H3/b14-12-,17-15-,21-20-,26-18-. The Morgan fingerprint density at radius 1 is 0.490 bits per heavy atom. The molecule has 0 aromatic carbocycles. The van der Waals surface area contributed by atoms with Crippen molar-refractivity contribution in [2.75, 3.05) is 19.8 Å². The van der Waals surface area contributed by atoms with E-state index in [1.807, 2.05) is 0 Å². The van der Waals surface area contributed by atoms with Crippen molar-refractivity contribution in [2.45, 2.75) is 213 Å². The lowest BCUT2D eigenvalue weighted by atomic mass is 10.1. The fraction of sp³-hybridized carbons (Fsp3) is 0.800. The van der Waals surface area contributed by atoms with Crippen LogP contribution >= 0.6 is 0 Å². The first-order valence-electron chi connectivity index (χ1n) is 21.2. The van der Waals surface area contributed by atoms with E-state index in [1.54, 1.807) is 0 Å². The number of hydrogen-bond acceptors (Lipinski definition) is 4. The highest BCUT2D eigenvalue weighted by Gasteiger charge is 2.13. The lowest BCUT2D eigenvalue weighted by molar-refractivity contribution is -0.154. The molecule has 0 aliphatic carbocycles. The first kappa shape index (κ1) is 47.4. The first-order valence-corrected chi connectivity index (χ1v) is 21.2. The summed E-state index contributed by atoms with van der Waals surface area (Å²) in [5.41, 5.74) is 0. The van der Waals surface area contributed by atoms with Gasteiger partial charge in [0.1, 0.15) is 6.10 Å². The monoisotopic (exact) mass is 687 g/mol. The highest BCUT2D eigenvalue weighted by atomic mass is 16.6. The van der Waals surface area contributed by atoms with Crippen molar-refractivity contribution in [1.82, 2.24) is 0 Å². The summed E-state index contributed by atoms with van der Waals surface area (Å²) < 4.78 is 11.1. The van der Waals surface area contributed by atoms with E-state index in [4.69, 9.17) is 9.47 Å². The third-order valence-electron chi connectivity index (χ3n) is 9.13. The summed E-state index contributed by atoms with van der Waals surface area (Å²) in [6, 6.07) is 0. The van der Waals surface area contributed by atoms with Crippen LogP contribution < -0.4 is 0 Å². The Hall–Kier alpha value is -1.65. The van der Waals surface area contributed by atoms with Gasteiger partial charge in [0.05, 0.1) is 13.2 Å². The van der Waals surface area contributed by atoms with Gasteiger partial charge in [-0.1, -0.05) is 172 Å². The Balaban J connectivity index is 3.45. The molecule has 0 bridgehead atoms. The lowest BCUT2D eigenvalue weighted by Crippen LogP contribution is -2.27. The van der Waals surface area contributed by atoms with Gasteiger partial charge in [0.2, 0.25) is 0 Å². The number of ether oxygens (including phenoxy) is 2. The SMILES string of the molecule is CCCCC/C=C\C/C=C\CCCCCCCC(=O)OC(CO)COCCCCCCCCCCCC/C=C\C/C=C\CCCCCCC. The third kappa shape index (κ3) is 40.7. The number of hydrogen-bond donors (Lipinski definition) is 1. The average Bonchev–Trinajstić information content (AvgIpc) is 3.11. The number of aliphatic hydroxyl groups is 1. The van der Waals surface area contributed by atoms with Gasteiger partial charge in [0.15, 0.2) is 0 Å². The van der Waals surface area contributed by atoms with Gasteiger partial charge < -0.3 is 14.6 Å². The summed E-state index contributed by atoms with van der Waals surface area (Å²) >= 11 is 0. The summed E-state index contributed by atoms with van der Waals surface area (Å²) in [4.78, 5) is 12.2. The summed E-state index contributed by atoms with van der Waals surface area (Å²) in [6.07, 6.45) is 54.5. The topological polar surface area (TPSA) is 55.8 Å². The average molecular weight is 687 g/mol. The number of carbonyl (C=O) groups excluding carboxylic acids is 1. The van der Waals surface area contributed by atoms with Crippen molar-refractivity contribution in [2.24, 2.45) is 0 Å². The van der Waals surface area contributed by atoms with Gasteiger partial charge >= 0.3 is 5.97 Å². The molecule has 0 aliphatic rings. The van der Waals surface area contributed by atoms with E-state index in [2.05, 4.69) is 62.5 Å². The zero-order valence-electron chi connectivity index (χ0n) is 32.7. The molecule has 1 N–H and O–H groups in total. The molecule has 0 heterocycles. The predicted molar refractivity (Wildman–Crippen MR) is 214 cm³/mol. The van der Waals surface area contributed by atoms with Gasteiger partial charge in [0.25, 0.3) is 0 Å². The van der Waals surface area contributed by atoms with E-state index in [0.29, 0.717) is 13.0 Å². The Labute approximate surface area is 305 Å². The largest absolute Gasteiger partial charge is 0.457 e. The number of esters is 1. The highest BCUT2D eigenvalue weighted by Crippen LogP contribution is 2.13. The van der Waals surface area contributed by atoms with E-state index in [0.717, 1.165) is 44.9 Å². The maximum atomic E-state index is 12.2. The van der Waals surface area contributed by atoms with E-state index >= 15 is 0 Å². The van der Waals surface area contributed by atoms with Crippen LogP contribution in [0.2, 0.25) is 0 Å². The van der Waals surface area contributed by atoms with E-state index in [-0.39, 0.29) is 19.2 Å². The maximum Gasteiger partial charge on any atom is 0.306 e. The second kappa shape index (κ2) is 42.5. The van der Waals surface area contributed by atoms with Gasteiger partial charge in [-0.05, 0) is 77.0 Å². The fourth-order valence-electron chi connectivity index (χ4n) is 5.92. The van der Waals surface area contributed by atoms with Crippen molar-refractivity contribution in [3.05, 3.63) is 48.6 Å². The molecule has 0 fully saturated rings. The Morgan fingerprint density at radius 2 is 0.857 bits per heavy atom. The zero-order valence-corrected chi connectivity index (χ0v) is 32.7. The van der Waals surface area contributed by atoms with E-state index in [9.17, 15) is 9.90 Å². The highest BCUT2D eigenvalue weighted by molar-refractivity contribution is 5.69. The van der Waals surface area contributed by atoms with Crippen LogP contribution in [0.1, 0.15) is 206 Å². The van der Waals surface area contributed by atoms with Crippen molar-refractivity contribution in [3.8, 4) is 0 Å². The number of carbonyl (C=O) groups is 1. The van der Waals surface area contributed by atoms with Crippen molar-refractivity contribution in [3.63, 3.8) is 0 Å². The van der Waals surface area contributed by atoms with Crippen LogP contribution in [0.15, 0.2) is 48.6 Å². The molecule has 286 valence electrons. The summed E-state index contributed by atoms with van der Waals surface area (Å²) in [7, 11) is 0. The molecule has 49 heavy (non-hydrogen) atoms. The van der Waals surface area contributed by atoms with E-state index in [1.165, 1.54) is 141 Å². The molecule has 4 nitrogen and oxygen atoms in total. The van der Waals surface area contributed by atoms with Crippen LogP contribution in [0.4, 0.5) is 0 Å². The van der Waals surface area contributed by atoms with Gasteiger partial charge in [-0.3, -0.25) is 4.79 Å². The van der Waals surface area contributed by atoms with Crippen LogP contribution in [0.25, 0.3) is 0 Å². The molecule has 0 aromatic heterocycles. The predicted octanol–water partition coefficient (Wildman–Crippen LogP) is 13.9. The molecule has 4 heteroatoms. The van der Waals surface area contributed by atoms with Crippen LogP contribution in [0.3, 0.4) is 0 Å². The molecule has 0 radical (unpaired) electrons. The molecule has 0 aliphatic heterocycles. The minimum absolute atomic E-state index is 0.179. The number of aliphatic hydroxyl groups excluding tert-OH is 1. The maximum absolute atomic E-state index is 12.2. The molecule has 0 saturated carbocycles. The molecule has 0 aromatic rings. The Morgan fingerprint density at radius 3 is 1.31 bits per heavy atom. The smallest absolute Gasteiger partial charge is 0.306 e. The summed E-state index contributed by atoms with van der Waals surface area (Å²) in [5, 5.41) is 9.59. The van der Waals surface area contributed by atoms with E-state index < -0.39 is 6.10 Å². The molecule has 0 spiro atoms. The Bertz CT molecular complexity index is 768. The van der Waals surface area contributed by atoms with Crippen LogP contribution in [0.5, 0.6) is 0 Å². The second-order valence-electron chi connectivity index (χ2n) is 14.1. The molecule has 0 rings (SSSR count). The number of rotatable bonds is 39. The summed E-state index contributed by atoms with van der Waals surface area (Å²) in [5.74, 6) is -0.216. The Kier molecular flexibility index (Phi) is 41.1. The molecule has 1 unspecified atom stereocenters. The fourth-order valence-corrected chi connectivity index (χ4v) is 5.92. The van der Waals surface area contributed by atoms with Gasteiger partial charge in [-0.2, -0.15) is 0 Å². The normalized spacial score (nSPS) is 12.8. The van der Waals surface area contributed by atoms with Crippen molar-refractivity contribution >= 4 is 5.97 Å². The third-order valence-corrected chi connectivity index (χ3v) is 9.13. The minimum Gasteiger partial charge on any atom is -0.457 e. The number of allylic oxidation sites excluding steroid dienone is 8. The van der Waals surface area contributed by atoms with Crippen molar-refractivity contribution < 1.29 is 19.4 Å². The first-order chi connectivity index (χ1) is 24.2. The molecule has 1 atom stereocenters. The van der Waals surface area contributed by atoms with Crippen LogP contribution in [0, 0.1) is 0 Å². The summed E-state index contributed by atoms with van der Waals surface area (Å²) in [6.45, 7) is 5.30. The molecular weight excluding hydrogens is 604 g/mol. The van der Waals surface area contributed by atoms with Crippen molar-refractivity contribution in [1.29, 1.82) is 0 Å². The van der Waals surface area contributed by atoms with Gasteiger partial charge in [-0.15, -0.1) is 0 Å². The van der Waals surface area contributed by atoms with Gasteiger partial charge in [-0.25, -0.2) is 0 Å². The van der Waals surface area contributed by atoms with Gasteiger partial charge in [0, 0.05) is 13.0 Å². The van der Waals surface area contributed by atoms with Crippen LogP contribution in [-0.2, 0) is 14.3 Å². The minimum atomic E-state index is -0.543. The molecule has 0 amide bonds. The zero-order chi connectivity index (χ0) is 35.6. The number of unbranched alkanes of at least 4 members (excludes halogenated alkanes) is 23. The molecular formula is C45H82O4. The quantitative estimate of drug-likeness (QED) is 0.0397. The molecule has 0 saturated heterocycles. The lowest BCUT2D eigenvalue weighted by Gasteiger charge is -2.15. The van der Waals surface area contributed by atoms with Crippen LogP contribution in [-0.4, -0.2) is 37.0 Å².